The molecule has 0 amide bonds. The van der Waals surface area contributed by atoms with Gasteiger partial charge in [0.2, 0.25) is 0 Å². The van der Waals surface area contributed by atoms with E-state index in [9.17, 15) is 0 Å². The quantitative estimate of drug-likeness (QED) is 0.634. The third-order valence-corrected chi connectivity index (χ3v) is 3.09. The van der Waals surface area contributed by atoms with E-state index in [1.54, 1.807) is 5.56 Å². The van der Waals surface area contributed by atoms with Gasteiger partial charge < -0.3 is 4.90 Å². The van der Waals surface area contributed by atoms with Gasteiger partial charge in [-0.2, -0.15) is 0 Å². The molecule has 1 heterocycles. The van der Waals surface area contributed by atoms with Crippen LogP contribution in [0.4, 0.5) is 5.69 Å². The molecule has 0 N–H and O–H groups in total. The summed E-state index contributed by atoms with van der Waals surface area (Å²) in [5, 5.41) is 0. The molecule has 0 spiro atoms. The van der Waals surface area contributed by atoms with Gasteiger partial charge in [0.25, 0.3) is 0 Å². The molecule has 1 aliphatic rings. The van der Waals surface area contributed by atoms with Crippen molar-refractivity contribution in [2.45, 2.75) is 25.7 Å². The SMILES string of the molecule is CCC1CCN(C)c2ccccc21. The molecule has 1 aromatic carbocycles. The molecule has 1 aromatic rings. The number of hydrogen-bond donors (Lipinski definition) is 0. The highest BCUT2D eigenvalue weighted by Crippen LogP contribution is 2.35. The number of rotatable bonds is 1. The fraction of sp³-hybridized carbons (Fsp3) is 0.500. The Morgan fingerprint density at radius 1 is 1.38 bits per heavy atom. The van der Waals surface area contributed by atoms with Gasteiger partial charge in [0, 0.05) is 19.3 Å². The molecule has 0 fully saturated rings. The summed E-state index contributed by atoms with van der Waals surface area (Å²) in [5.41, 5.74) is 2.97. The molecule has 1 nitrogen and oxygen atoms in total. The monoisotopic (exact) mass is 175 g/mol. The summed E-state index contributed by atoms with van der Waals surface area (Å²) < 4.78 is 0. The lowest BCUT2D eigenvalue weighted by Crippen LogP contribution is -2.26. The second-order valence-corrected chi connectivity index (χ2v) is 3.87. The molecule has 0 bridgehead atoms. The van der Waals surface area contributed by atoms with Crippen LogP contribution in [0.2, 0.25) is 0 Å². The summed E-state index contributed by atoms with van der Waals surface area (Å²) in [6, 6.07) is 8.80. The maximum absolute atomic E-state index is 2.36. The van der Waals surface area contributed by atoms with Crippen molar-refractivity contribution in [1.82, 2.24) is 0 Å². The summed E-state index contributed by atoms with van der Waals surface area (Å²) in [5.74, 6) is 0.785. The molecule has 2 rings (SSSR count). The number of nitrogens with zero attached hydrogens (tertiary/aromatic N) is 1. The van der Waals surface area contributed by atoms with Crippen LogP contribution >= 0.6 is 0 Å². The lowest BCUT2D eigenvalue weighted by molar-refractivity contribution is 0.577. The van der Waals surface area contributed by atoms with Crippen molar-refractivity contribution in [3.8, 4) is 0 Å². The highest BCUT2D eigenvalue weighted by atomic mass is 15.1. The van der Waals surface area contributed by atoms with Gasteiger partial charge in [-0.15, -0.1) is 0 Å². The molecule has 0 radical (unpaired) electrons. The van der Waals surface area contributed by atoms with Crippen LogP contribution in [0.1, 0.15) is 31.2 Å². The maximum Gasteiger partial charge on any atom is 0.0399 e. The Kier molecular flexibility index (Phi) is 2.26. The molecule has 1 aliphatic heterocycles. The second kappa shape index (κ2) is 3.41. The van der Waals surface area contributed by atoms with Crippen molar-refractivity contribution in [2.75, 3.05) is 18.5 Å². The van der Waals surface area contributed by atoms with Gasteiger partial charge in [0.05, 0.1) is 0 Å². The predicted octanol–water partition coefficient (Wildman–Crippen LogP) is 3.02. The summed E-state index contributed by atoms with van der Waals surface area (Å²) in [7, 11) is 2.19. The van der Waals surface area contributed by atoms with Crippen LogP contribution in [0.25, 0.3) is 0 Å². The van der Waals surface area contributed by atoms with E-state index in [0.717, 1.165) is 5.92 Å². The van der Waals surface area contributed by atoms with E-state index in [1.807, 2.05) is 0 Å². The van der Waals surface area contributed by atoms with Crippen LogP contribution in [-0.4, -0.2) is 13.6 Å². The molecule has 13 heavy (non-hydrogen) atoms. The first-order valence-corrected chi connectivity index (χ1v) is 5.13. The number of anilines is 1. The van der Waals surface area contributed by atoms with Gasteiger partial charge in [-0.3, -0.25) is 0 Å². The summed E-state index contributed by atoms with van der Waals surface area (Å²) in [6.07, 6.45) is 2.58. The van der Waals surface area contributed by atoms with Crippen molar-refractivity contribution >= 4 is 5.69 Å². The van der Waals surface area contributed by atoms with E-state index in [0.29, 0.717) is 0 Å². The second-order valence-electron chi connectivity index (χ2n) is 3.87. The van der Waals surface area contributed by atoms with Crippen LogP contribution in [0.15, 0.2) is 24.3 Å². The van der Waals surface area contributed by atoms with Gasteiger partial charge in [-0.25, -0.2) is 0 Å². The molecule has 0 saturated heterocycles. The third kappa shape index (κ3) is 1.43. The van der Waals surface area contributed by atoms with Gasteiger partial charge in [0.1, 0.15) is 0 Å². The fourth-order valence-electron chi connectivity index (χ4n) is 2.23. The lowest BCUT2D eigenvalue weighted by atomic mass is 9.88. The van der Waals surface area contributed by atoms with Gasteiger partial charge in [-0.05, 0) is 30.4 Å². The minimum Gasteiger partial charge on any atom is -0.374 e. The van der Waals surface area contributed by atoms with E-state index in [2.05, 4.69) is 43.1 Å². The molecule has 70 valence electrons. The van der Waals surface area contributed by atoms with E-state index in [-0.39, 0.29) is 0 Å². The Bertz CT molecular complexity index is 293. The number of benzene rings is 1. The van der Waals surface area contributed by atoms with E-state index < -0.39 is 0 Å². The third-order valence-electron chi connectivity index (χ3n) is 3.09. The minimum atomic E-state index is 0.785. The van der Waals surface area contributed by atoms with Crippen LogP contribution in [0.3, 0.4) is 0 Å². The average molecular weight is 175 g/mol. The summed E-state index contributed by atoms with van der Waals surface area (Å²) >= 11 is 0. The van der Waals surface area contributed by atoms with E-state index in [4.69, 9.17) is 0 Å². The summed E-state index contributed by atoms with van der Waals surface area (Å²) in [4.78, 5) is 2.36. The molecular weight excluding hydrogens is 158 g/mol. The van der Waals surface area contributed by atoms with Crippen LogP contribution in [0, 0.1) is 0 Å². The van der Waals surface area contributed by atoms with Gasteiger partial charge in [-0.1, -0.05) is 25.1 Å². The number of para-hydroxylation sites is 1. The molecule has 0 aliphatic carbocycles. The topological polar surface area (TPSA) is 3.24 Å². The van der Waals surface area contributed by atoms with Crippen LogP contribution in [-0.2, 0) is 0 Å². The zero-order valence-corrected chi connectivity index (χ0v) is 8.46. The van der Waals surface area contributed by atoms with E-state index >= 15 is 0 Å². The highest BCUT2D eigenvalue weighted by molar-refractivity contribution is 5.56. The summed E-state index contributed by atoms with van der Waals surface area (Å²) in [6.45, 7) is 3.49. The Morgan fingerprint density at radius 3 is 2.92 bits per heavy atom. The Hall–Kier alpha value is -0.980. The molecule has 0 saturated carbocycles. The minimum absolute atomic E-state index is 0.785. The largest absolute Gasteiger partial charge is 0.374 e. The Morgan fingerprint density at radius 2 is 2.15 bits per heavy atom. The molecular formula is C12H17N. The zero-order chi connectivity index (χ0) is 9.26. The first-order valence-electron chi connectivity index (χ1n) is 5.13. The highest BCUT2D eigenvalue weighted by Gasteiger charge is 2.20. The molecule has 1 atom stereocenters. The standard InChI is InChI=1S/C12H17N/c1-3-10-8-9-13(2)12-7-5-4-6-11(10)12/h4-7,10H,3,8-9H2,1-2H3. The van der Waals surface area contributed by atoms with E-state index in [1.165, 1.54) is 25.1 Å². The first-order chi connectivity index (χ1) is 6.33. The number of fused-ring (bicyclic) bond motifs is 1. The fourth-order valence-corrected chi connectivity index (χ4v) is 2.23. The Labute approximate surface area is 80.4 Å². The normalized spacial score (nSPS) is 21.4. The van der Waals surface area contributed by atoms with Crippen molar-refractivity contribution in [3.05, 3.63) is 29.8 Å². The van der Waals surface area contributed by atoms with Gasteiger partial charge >= 0.3 is 0 Å². The predicted molar refractivity (Wildman–Crippen MR) is 57.4 cm³/mol. The zero-order valence-electron chi connectivity index (χ0n) is 8.46. The maximum atomic E-state index is 2.36. The van der Waals surface area contributed by atoms with Crippen molar-refractivity contribution in [1.29, 1.82) is 0 Å². The first kappa shape index (κ1) is 8.61. The average Bonchev–Trinajstić information content (AvgIpc) is 2.19. The molecule has 1 unspecified atom stereocenters. The molecule has 1 heteroatoms. The van der Waals surface area contributed by atoms with Crippen LogP contribution < -0.4 is 4.90 Å². The molecule has 0 aromatic heterocycles. The van der Waals surface area contributed by atoms with Crippen molar-refractivity contribution in [3.63, 3.8) is 0 Å². The van der Waals surface area contributed by atoms with Crippen LogP contribution in [0.5, 0.6) is 0 Å². The van der Waals surface area contributed by atoms with Crippen molar-refractivity contribution in [2.24, 2.45) is 0 Å². The lowest BCUT2D eigenvalue weighted by Gasteiger charge is -2.32. The van der Waals surface area contributed by atoms with Gasteiger partial charge in [0.15, 0.2) is 0 Å². The number of hydrogen-bond acceptors (Lipinski definition) is 1. The smallest absolute Gasteiger partial charge is 0.0399 e. The van der Waals surface area contributed by atoms with Crippen molar-refractivity contribution < 1.29 is 0 Å². The Balaban J connectivity index is 2.42.